The third-order valence-electron chi connectivity index (χ3n) is 3.07. The summed E-state index contributed by atoms with van der Waals surface area (Å²) in [6, 6.07) is 2.31. The lowest BCUT2D eigenvalue weighted by atomic mass is 10.2. The first-order valence-electron chi connectivity index (χ1n) is 5.52. The summed E-state index contributed by atoms with van der Waals surface area (Å²) in [7, 11) is 1.74. The van der Waals surface area contributed by atoms with Crippen molar-refractivity contribution in [3.8, 4) is 0 Å². The van der Waals surface area contributed by atoms with Gasteiger partial charge in [0.15, 0.2) is 0 Å². The molecule has 88 valence electrons. The van der Waals surface area contributed by atoms with E-state index in [4.69, 9.17) is 10.5 Å². The molecule has 0 radical (unpaired) electrons. The summed E-state index contributed by atoms with van der Waals surface area (Å²) in [5.41, 5.74) is 6.75. The number of aryl methyl sites for hydroxylation is 1. The number of aromatic nitrogens is 2. The average molecular weight is 222 g/mol. The number of anilines is 1. The van der Waals surface area contributed by atoms with Gasteiger partial charge in [-0.2, -0.15) is 0 Å². The predicted molar refractivity (Wildman–Crippen MR) is 62.4 cm³/mol. The van der Waals surface area contributed by atoms with Gasteiger partial charge < -0.3 is 15.4 Å². The molecule has 0 unspecified atom stereocenters. The van der Waals surface area contributed by atoms with Crippen molar-refractivity contribution in [2.24, 2.45) is 5.73 Å². The van der Waals surface area contributed by atoms with Crippen LogP contribution < -0.4 is 10.6 Å². The molecule has 16 heavy (non-hydrogen) atoms. The van der Waals surface area contributed by atoms with E-state index < -0.39 is 0 Å². The highest BCUT2D eigenvalue weighted by Crippen LogP contribution is 2.24. The van der Waals surface area contributed by atoms with E-state index in [1.165, 1.54) is 0 Å². The fourth-order valence-electron chi connectivity index (χ4n) is 2.15. The summed E-state index contributed by atoms with van der Waals surface area (Å²) in [5, 5.41) is 0. The van der Waals surface area contributed by atoms with Crippen molar-refractivity contribution in [1.29, 1.82) is 0 Å². The van der Waals surface area contributed by atoms with Crippen LogP contribution in [0.15, 0.2) is 12.4 Å². The molecule has 0 saturated carbocycles. The van der Waals surface area contributed by atoms with Gasteiger partial charge in [0.2, 0.25) is 0 Å². The maximum atomic E-state index is 5.78. The van der Waals surface area contributed by atoms with E-state index in [1.807, 2.05) is 13.0 Å². The molecule has 1 fully saturated rings. The molecular weight excluding hydrogens is 204 g/mol. The minimum Gasteiger partial charge on any atom is -0.380 e. The number of methoxy groups -OCH3 is 1. The lowest BCUT2D eigenvalue weighted by Gasteiger charge is -2.24. The highest BCUT2D eigenvalue weighted by atomic mass is 16.5. The minimum absolute atomic E-state index is 0.254. The van der Waals surface area contributed by atoms with Crippen molar-refractivity contribution in [1.82, 2.24) is 9.97 Å². The van der Waals surface area contributed by atoms with Crippen LogP contribution in [0.25, 0.3) is 0 Å². The fraction of sp³-hybridized carbons (Fsp3) is 0.636. The van der Waals surface area contributed by atoms with Crippen molar-refractivity contribution in [2.75, 3.05) is 25.1 Å². The van der Waals surface area contributed by atoms with Crippen molar-refractivity contribution >= 4 is 5.82 Å². The zero-order valence-corrected chi connectivity index (χ0v) is 9.76. The molecule has 0 aromatic carbocycles. The van der Waals surface area contributed by atoms with Gasteiger partial charge in [-0.3, -0.25) is 0 Å². The van der Waals surface area contributed by atoms with Gasteiger partial charge in [-0.05, 0) is 13.3 Å². The van der Waals surface area contributed by atoms with E-state index >= 15 is 0 Å². The molecule has 1 saturated heterocycles. The predicted octanol–water partition coefficient (Wildman–Crippen LogP) is 0.337. The molecular formula is C11H18N4O. The maximum absolute atomic E-state index is 5.78. The SMILES string of the molecule is CO[C@H]1C[C@@H](CN)N(c2cc(C)ncn2)C1. The van der Waals surface area contributed by atoms with Crippen molar-refractivity contribution < 1.29 is 4.74 Å². The molecule has 0 amide bonds. The summed E-state index contributed by atoms with van der Waals surface area (Å²) in [4.78, 5) is 10.6. The van der Waals surface area contributed by atoms with Crippen LogP contribution in [0.1, 0.15) is 12.1 Å². The quantitative estimate of drug-likeness (QED) is 0.799. The number of ether oxygens (including phenoxy) is 1. The van der Waals surface area contributed by atoms with E-state index in [0.29, 0.717) is 12.6 Å². The van der Waals surface area contributed by atoms with E-state index in [0.717, 1.165) is 24.5 Å². The molecule has 1 aliphatic heterocycles. The maximum Gasteiger partial charge on any atom is 0.132 e. The number of hydrogen-bond donors (Lipinski definition) is 1. The van der Waals surface area contributed by atoms with Gasteiger partial charge >= 0.3 is 0 Å². The van der Waals surface area contributed by atoms with E-state index in [2.05, 4.69) is 14.9 Å². The monoisotopic (exact) mass is 222 g/mol. The number of rotatable bonds is 3. The third kappa shape index (κ3) is 2.15. The van der Waals surface area contributed by atoms with Gasteiger partial charge in [0.05, 0.1) is 6.10 Å². The Hall–Kier alpha value is -1.20. The Morgan fingerprint density at radius 2 is 2.38 bits per heavy atom. The molecule has 0 bridgehead atoms. The Kier molecular flexibility index (Phi) is 3.36. The molecule has 2 N–H and O–H groups in total. The van der Waals surface area contributed by atoms with Crippen molar-refractivity contribution in [3.63, 3.8) is 0 Å². The largest absolute Gasteiger partial charge is 0.380 e. The van der Waals surface area contributed by atoms with Crippen LogP contribution in [0.2, 0.25) is 0 Å². The molecule has 1 aliphatic rings. The summed E-state index contributed by atoms with van der Waals surface area (Å²) in [5.74, 6) is 0.947. The van der Waals surface area contributed by atoms with Crippen LogP contribution in [0.3, 0.4) is 0 Å². The Balaban J connectivity index is 2.19. The van der Waals surface area contributed by atoms with Crippen LogP contribution in [-0.2, 0) is 4.74 Å². The lowest BCUT2D eigenvalue weighted by molar-refractivity contribution is 0.118. The normalized spacial score (nSPS) is 25.1. The Labute approximate surface area is 95.6 Å². The van der Waals surface area contributed by atoms with E-state index in [-0.39, 0.29) is 6.10 Å². The standard InChI is InChI=1S/C11H18N4O/c1-8-3-11(14-7-13-8)15-6-10(16-2)4-9(15)5-12/h3,7,9-10H,4-6,12H2,1-2H3/t9-,10-/m0/s1. The van der Waals surface area contributed by atoms with Crippen LogP contribution in [-0.4, -0.2) is 42.3 Å². The Morgan fingerprint density at radius 1 is 1.56 bits per heavy atom. The number of hydrogen-bond acceptors (Lipinski definition) is 5. The zero-order valence-electron chi connectivity index (χ0n) is 9.76. The number of nitrogens with zero attached hydrogens (tertiary/aromatic N) is 3. The van der Waals surface area contributed by atoms with Crippen LogP contribution in [0, 0.1) is 6.92 Å². The fourth-order valence-corrected chi connectivity index (χ4v) is 2.15. The molecule has 0 aliphatic carbocycles. The first-order chi connectivity index (χ1) is 7.74. The lowest BCUT2D eigenvalue weighted by Crippen LogP contribution is -2.36. The Morgan fingerprint density at radius 3 is 3.00 bits per heavy atom. The van der Waals surface area contributed by atoms with E-state index in [9.17, 15) is 0 Å². The third-order valence-corrected chi connectivity index (χ3v) is 3.07. The zero-order chi connectivity index (χ0) is 11.5. The average Bonchev–Trinajstić information content (AvgIpc) is 2.72. The second-order valence-corrected chi connectivity index (χ2v) is 4.15. The molecule has 1 aromatic heterocycles. The Bertz CT molecular complexity index is 358. The van der Waals surface area contributed by atoms with Crippen LogP contribution in [0.4, 0.5) is 5.82 Å². The minimum atomic E-state index is 0.254. The van der Waals surface area contributed by atoms with E-state index in [1.54, 1.807) is 13.4 Å². The van der Waals surface area contributed by atoms with Gasteiger partial charge in [0.25, 0.3) is 0 Å². The van der Waals surface area contributed by atoms with Gasteiger partial charge in [-0.1, -0.05) is 0 Å². The smallest absolute Gasteiger partial charge is 0.132 e. The first kappa shape index (κ1) is 11.3. The molecule has 1 aromatic rings. The molecule has 2 rings (SSSR count). The van der Waals surface area contributed by atoms with Gasteiger partial charge in [0, 0.05) is 38.0 Å². The summed E-state index contributed by atoms with van der Waals surface area (Å²) in [6.45, 7) is 3.45. The molecule has 2 heterocycles. The van der Waals surface area contributed by atoms with Crippen LogP contribution in [0.5, 0.6) is 0 Å². The second kappa shape index (κ2) is 4.76. The summed E-state index contributed by atoms with van der Waals surface area (Å²) in [6.07, 6.45) is 2.82. The van der Waals surface area contributed by atoms with Gasteiger partial charge in [-0.15, -0.1) is 0 Å². The summed E-state index contributed by atoms with van der Waals surface area (Å²) < 4.78 is 5.38. The van der Waals surface area contributed by atoms with Gasteiger partial charge in [0.1, 0.15) is 12.1 Å². The molecule has 5 nitrogen and oxygen atoms in total. The first-order valence-corrected chi connectivity index (χ1v) is 5.52. The number of nitrogens with two attached hydrogens (primary N) is 1. The summed E-state index contributed by atoms with van der Waals surface area (Å²) >= 11 is 0. The van der Waals surface area contributed by atoms with Crippen molar-refractivity contribution in [2.45, 2.75) is 25.5 Å². The second-order valence-electron chi connectivity index (χ2n) is 4.15. The molecule has 0 spiro atoms. The van der Waals surface area contributed by atoms with Gasteiger partial charge in [-0.25, -0.2) is 9.97 Å². The van der Waals surface area contributed by atoms with Crippen LogP contribution >= 0.6 is 0 Å². The topological polar surface area (TPSA) is 64.3 Å². The van der Waals surface area contributed by atoms with Crippen molar-refractivity contribution in [3.05, 3.63) is 18.1 Å². The highest BCUT2D eigenvalue weighted by molar-refractivity contribution is 5.42. The molecule has 5 heteroatoms. The highest BCUT2D eigenvalue weighted by Gasteiger charge is 2.31. The molecule has 2 atom stereocenters.